The van der Waals surface area contributed by atoms with Crippen molar-refractivity contribution in [2.24, 2.45) is 5.92 Å². The first-order chi connectivity index (χ1) is 8.13. The largest absolute Gasteiger partial charge is 0.461 e. The lowest BCUT2D eigenvalue weighted by molar-refractivity contribution is -0.115. The average molecular weight is 265 g/mol. The van der Waals surface area contributed by atoms with Crippen LogP contribution < -0.4 is 5.32 Å². The average Bonchev–Trinajstić information content (AvgIpc) is 2.71. The maximum absolute atomic E-state index is 11.5. The Morgan fingerprint density at radius 3 is 2.94 bits per heavy atom. The van der Waals surface area contributed by atoms with Crippen LogP contribution in [-0.2, 0) is 4.79 Å². The van der Waals surface area contributed by atoms with Crippen molar-refractivity contribution < 1.29 is 9.21 Å². The van der Waals surface area contributed by atoms with E-state index in [1.807, 2.05) is 12.1 Å². The van der Waals surface area contributed by atoms with Gasteiger partial charge in [-0.2, -0.15) is 0 Å². The van der Waals surface area contributed by atoms with Crippen molar-refractivity contribution in [1.29, 1.82) is 0 Å². The van der Waals surface area contributed by atoms with Crippen LogP contribution >= 0.6 is 24.0 Å². The summed E-state index contributed by atoms with van der Waals surface area (Å²) in [5.41, 5.74) is 0. The van der Waals surface area contributed by atoms with Crippen LogP contribution in [0.2, 0.25) is 0 Å². The van der Waals surface area contributed by atoms with Gasteiger partial charge in [0.05, 0.1) is 4.91 Å². The molecule has 3 nitrogen and oxygen atoms in total. The monoisotopic (exact) mass is 265 g/mol. The lowest BCUT2D eigenvalue weighted by Gasteiger charge is -1.92. The van der Waals surface area contributed by atoms with Crippen LogP contribution in [0.3, 0.4) is 0 Å². The molecule has 1 aromatic rings. The van der Waals surface area contributed by atoms with E-state index >= 15 is 0 Å². The molecule has 0 radical (unpaired) electrons. The third-order valence-corrected chi connectivity index (χ3v) is 4.20. The molecular formula is C12H11NO2S2. The first kappa shape index (κ1) is 11.0. The van der Waals surface area contributed by atoms with Crippen molar-refractivity contribution in [3.63, 3.8) is 0 Å². The highest BCUT2D eigenvalue weighted by Crippen LogP contribution is 2.47. The maximum Gasteiger partial charge on any atom is 0.263 e. The summed E-state index contributed by atoms with van der Waals surface area (Å²) in [6.45, 7) is 2.21. The van der Waals surface area contributed by atoms with E-state index < -0.39 is 0 Å². The normalized spacial score (nSPS) is 29.8. The lowest BCUT2D eigenvalue weighted by Crippen LogP contribution is -2.17. The first-order valence-electron chi connectivity index (χ1n) is 5.48. The van der Waals surface area contributed by atoms with Gasteiger partial charge in [0, 0.05) is 12.0 Å². The van der Waals surface area contributed by atoms with Crippen LogP contribution in [0.4, 0.5) is 0 Å². The van der Waals surface area contributed by atoms with E-state index in [0.29, 0.717) is 15.1 Å². The minimum absolute atomic E-state index is 0.141. The Labute approximate surface area is 109 Å². The van der Waals surface area contributed by atoms with Gasteiger partial charge in [0.15, 0.2) is 0 Å². The Balaban J connectivity index is 1.81. The summed E-state index contributed by atoms with van der Waals surface area (Å²) >= 11 is 6.20. The SMILES string of the molecule is C[C@H]1C[C@@H]1c1ccc(/C=C2\SC(=S)NC2=O)o1. The van der Waals surface area contributed by atoms with E-state index in [1.165, 1.54) is 18.2 Å². The molecule has 5 heteroatoms. The second-order valence-electron chi connectivity index (χ2n) is 4.41. The van der Waals surface area contributed by atoms with Gasteiger partial charge >= 0.3 is 0 Å². The highest BCUT2D eigenvalue weighted by Gasteiger charge is 2.36. The predicted molar refractivity (Wildman–Crippen MR) is 71.5 cm³/mol. The number of rotatable bonds is 2. The summed E-state index contributed by atoms with van der Waals surface area (Å²) in [6.07, 6.45) is 2.94. The summed E-state index contributed by atoms with van der Waals surface area (Å²) < 4.78 is 6.21. The highest BCUT2D eigenvalue weighted by molar-refractivity contribution is 8.26. The van der Waals surface area contributed by atoms with E-state index in [4.69, 9.17) is 16.6 Å². The van der Waals surface area contributed by atoms with Crippen molar-refractivity contribution in [2.75, 3.05) is 0 Å². The van der Waals surface area contributed by atoms with Crippen LogP contribution in [0.25, 0.3) is 6.08 Å². The van der Waals surface area contributed by atoms with Crippen molar-refractivity contribution in [3.05, 3.63) is 28.6 Å². The Bertz CT molecular complexity index is 532. The van der Waals surface area contributed by atoms with Gasteiger partial charge in [0.1, 0.15) is 15.8 Å². The third kappa shape index (κ3) is 2.17. The number of carbonyl (C=O) groups excluding carboxylic acids is 1. The van der Waals surface area contributed by atoms with Gasteiger partial charge in [-0.3, -0.25) is 4.79 Å². The first-order valence-corrected chi connectivity index (χ1v) is 6.70. The van der Waals surface area contributed by atoms with Crippen LogP contribution in [0.5, 0.6) is 0 Å². The van der Waals surface area contributed by atoms with Gasteiger partial charge in [-0.1, -0.05) is 30.9 Å². The number of thioether (sulfide) groups is 1. The molecule has 0 bridgehead atoms. The molecule has 2 fully saturated rings. The summed E-state index contributed by atoms with van der Waals surface area (Å²) in [6, 6.07) is 3.90. The van der Waals surface area contributed by atoms with E-state index in [-0.39, 0.29) is 5.91 Å². The topological polar surface area (TPSA) is 42.2 Å². The van der Waals surface area contributed by atoms with Crippen LogP contribution in [-0.4, -0.2) is 10.2 Å². The Hall–Kier alpha value is -1.07. The van der Waals surface area contributed by atoms with E-state index in [0.717, 1.165) is 17.4 Å². The number of thiocarbonyl (C=S) groups is 1. The highest BCUT2D eigenvalue weighted by atomic mass is 32.2. The summed E-state index contributed by atoms with van der Waals surface area (Å²) in [4.78, 5) is 12.1. The van der Waals surface area contributed by atoms with E-state index in [1.54, 1.807) is 6.08 Å². The lowest BCUT2D eigenvalue weighted by atomic mass is 10.3. The minimum atomic E-state index is -0.141. The number of hydrogen-bond acceptors (Lipinski definition) is 4. The molecule has 1 aliphatic heterocycles. The molecular weight excluding hydrogens is 254 g/mol. The summed E-state index contributed by atoms with van der Waals surface area (Å²) in [5.74, 6) is 2.89. The van der Waals surface area contributed by atoms with Crippen molar-refractivity contribution in [1.82, 2.24) is 5.32 Å². The molecule has 2 aliphatic rings. The minimum Gasteiger partial charge on any atom is -0.461 e. The maximum atomic E-state index is 11.5. The van der Waals surface area contributed by atoms with Gasteiger partial charge in [-0.15, -0.1) is 0 Å². The number of amides is 1. The fourth-order valence-corrected chi connectivity index (χ4v) is 2.94. The van der Waals surface area contributed by atoms with Crippen LogP contribution in [0, 0.1) is 5.92 Å². The van der Waals surface area contributed by atoms with Crippen molar-refractivity contribution >= 4 is 40.3 Å². The Kier molecular flexibility index (Phi) is 2.60. The molecule has 17 heavy (non-hydrogen) atoms. The molecule has 88 valence electrons. The molecule has 1 saturated heterocycles. The van der Waals surface area contributed by atoms with Crippen LogP contribution in [0.15, 0.2) is 21.5 Å². The van der Waals surface area contributed by atoms with Gasteiger partial charge < -0.3 is 9.73 Å². The second kappa shape index (κ2) is 3.99. The molecule has 1 aliphatic carbocycles. The molecule has 1 aromatic heterocycles. The molecule has 1 saturated carbocycles. The zero-order valence-electron chi connectivity index (χ0n) is 9.23. The van der Waals surface area contributed by atoms with Gasteiger partial charge in [0.2, 0.25) is 0 Å². The molecule has 1 N–H and O–H groups in total. The van der Waals surface area contributed by atoms with Gasteiger partial charge in [-0.05, 0) is 24.5 Å². The van der Waals surface area contributed by atoms with E-state index in [9.17, 15) is 4.79 Å². The second-order valence-corrected chi connectivity index (χ2v) is 6.13. The number of furan rings is 1. The number of nitrogens with one attached hydrogen (secondary N) is 1. The molecule has 2 heterocycles. The van der Waals surface area contributed by atoms with Gasteiger partial charge in [0.25, 0.3) is 5.91 Å². The zero-order chi connectivity index (χ0) is 12.0. The van der Waals surface area contributed by atoms with Crippen LogP contribution in [0.1, 0.15) is 30.8 Å². The molecule has 0 spiro atoms. The Morgan fingerprint density at radius 1 is 1.59 bits per heavy atom. The molecule has 3 rings (SSSR count). The van der Waals surface area contributed by atoms with Gasteiger partial charge in [-0.25, -0.2) is 0 Å². The fraction of sp³-hybridized carbons (Fsp3) is 0.333. The smallest absolute Gasteiger partial charge is 0.263 e. The molecule has 0 unspecified atom stereocenters. The fourth-order valence-electron chi connectivity index (χ4n) is 1.91. The number of hydrogen-bond donors (Lipinski definition) is 1. The summed E-state index contributed by atoms with van der Waals surface area (Å²) in [5, 5.41) is 2.58. The Morgan fingerprint density at radius 2 is 2.35 bits per heavy atom. The quantitative estimate of drug-likeness (QED) is 0.659. The molecule has 1 amide bonds. The van der Waals surface area contributed by atoms with E-state index in [2.05, 4.69) is 12.2 Å². The predicted octanol–water partition coefficient (Wildman–Crippen LogP) is 2.89. The standard InChI is InChI=1S/C12H11NO2S2/c1-6-4-8(6)9-3-2-7(15-9)5-10-11(14)13-12(16)17-10/h2-3,5-6,8H,4H2,1H3,(H,13,14,16)/b10-5-/t6-,8-/m0/s1. The number of carbonyl (C=O) groups is 1. The van der Waals surface area contributed by atoms with Crippen molar-refractivity contribution in [2.45, 2.75) is 19.3 Å². The molecule has 2 atom stereocenters. The zero-order valence-corrected chi connectivity index (χ0v) is 10.9. The molecule has 0 aromatic carbocycles. The summed E-state index contributed by atoms with van der Waals surface area (Å²) in [7, 11) is 0. The van der Waals surface area contributed by atoms with Crippen molar-refractivity contribution in [3.8, 4) is 0 Å². The third-order valence-electron chi connectivity index (χ3n) is 3.04.